The van der Waals surface area contributed by atoms with Crippen molar-refractivity contribution in [3.05, 3.63) is 42.5 Å². The second-order valence-electron chi connectivity index (χ2n) is 5.50. The van der Waals surface area contributed by atoms with Crippen LogP contribution < -0.4 is 5.32 Å². The Hall–Kier alpha value is -2.56. The van der Waals surface area contributed by atoms with Gasteiger partial charge in [-0.15, -0.1) is 0 Å². The van der Waals surface area contributed by atoms with E-state index in [9.17, 15) is 4.79 Å². The van der Waals surface area contributed by atoms with E-state index in [-0.39, 0.29) is 8.76 Å². The van der Waals surface area contributed by atoms with E-state index in [4.69, 9.17) is 0 Å². The van der Waals surface area contributed by atoms with Crippen LogP contribution in [0, 0.1) is 0 Å². The highest BCUT2D eigenvalue weighted by Gasteiger charge is 2.21. The number of fused-ring (bicyclic) bond motifs is 1. The van der Waals surface area contributed by atoms with Crippen LogP contribution in [0.5, 0.6) is 0 Å². The van der Waals surface area contributed by atoms with Gasteiger partial charge in [-0.3, -0.25) is 4.79 Å². The van der Waals surface area contributed by atoms with Gasteiger partial charge >= 0.3 is 0 Å². The number of aromatic nitrogens is 3. The Morgan fingerprint density at radius 2 is 2.24 bits per heavy atom. The van der Waals surface area contributed by atoms with E-state index in [1.165, 1.54) is 6.42 Å². The normalized spacial score (nSPS) is 15.0. The van der Waals surface area contributed by atoms with Crippen molar-refractivity contribution in [2.45, 2.75) is 25.3 Å². The highest BCUT2D eigenvalue weighted by molar-refractivity contribution is 5.97. The molecule has 1 amide bonds. The van der Waals surface area contributed by atoms with Crippen molar-refractivity contribution in [3.63, 3.8) is 0 Å². The third-order valence-electron chi connectivity index (χ3n) is 4.14. The Bertz CT molecular complexity index is 807. The van der Waals surface area contributed by atoms with Crippen LogP contribution in [-0.4, -0.2) is 26.9 Å². The molecule has 21 heavy (non-hydrogen) atoms. The maximum absolute atomic E-state index is 12.1. The molecule has 110 valence electrons. The van der Waals surface area contributed by atoms with Crippen molar-refractivity contribution in [3.8, 4) is 11.1 Å². The number of aromatic amines is 2. The van der Waals surface area contributed by atoms with E-state index in [2.05, 4.69) is 20.3 Å². The number of pyridine rings is 1. The lowest BCUT2D eigenvalue weighted by atomic mass is 9.93. The molecule has 4 rings (SSSR count). The zero-order chi connectivity index (χ0) is 14.2. The van der Waals surface area contributed by atoms with Gasteiger partial charge in [0, 0.05) is 38.4 Å². The average molecular weight is 284 g/mol. The van der Waals surface area contributed by atoms with Crippen LogP contribution in [0.4, 0.5) is 0 Å². The second kappa shape index (κ2) is 4.77. The van der Waals surface area contributed by atoms with Crippen LogP contribution in [0.2, 0.25) is 0 Å². The number of carbonyl (C=O) groups excluding carboxylic acids is 1. The van der Waals surface area contributed by atoms with Crippen LogP contribution >= 0.6 is 0 Å². The molecule has 5 nitrogen and oxygen atoms in total. The fourth-order valence-corrected chi connectivity index (χ4v) is 2.71. The van der Waals surface area contributed by atoms with Gasteiger partial charge in [0.2, 0.25) is 0 Å². The Labute approximate surface area is 124 Å². The predicted molar refractivity (Wildman–Crippen MR) is 85.2 cm³/mol. The standard InChI is InChI=1S/C16H16N4O.2H2/c21-16(20-11-2-1-3-11)14-8-10(9-19-14)12-4-6-17-15-13(12)5-7-18-15;;/h4-9,11,19H,1-3H2,(H,17,18)(H,20,21);2*1H. The molecule has 3 heterocycles. The van der Waals surface area contributed by atoms with Crippen molar-refractivity contribution in [1.29, 1.82) is 0 Å². The van der Waals surface area contributed by atoms with Crippen LogP contribution in [0.15, 0.2) is 36.8 Å². The Balaban J connectivity index is 0.000000960. The average Bonchev–Trinajstić information content (AvgIpc) is 3.10. The quantitative estimate of drug-likeness (QED) is 0.690. The summed E-state index contributed by atoms with van der Waals surface area (Å²) < 4.78 is 0. The van der Waals surface area contributed by atoms with E-state index >= 15 is 0 Å². The Morgan fingerprint density at radius 3 is 3.05 bits per heavy atom. The summed E-state index contributed by atoms with van der Waals surface area (Å²) in [5.74, 6) is -0.0229. The summed E-state index contributed by atoms with van der Waals surface area (Å²) >= 11 is 0. The molecule has 0 aromatic carbocycles. The van der Waals surface area contributed by atoms with Gasteiger partial charge in [-0.1, -0.05) is 0 Å². The Morgan fingerprint density at radius 1 is 1.33 bits per heavy atom. The minimum Gasteiger partial charge on any atom is -0.357 e. The molecule has 1 saturated carbocycles. The fourth-order valence-electron chi connectivity index (χ4n) is 2.71. The summed E-state index contributed by atoms with van der Waals surface area (Å²) in [5.41, 5.74) is 3.53. The summed E-state index contributed by atoms with van der Waals surface area (Å²) in [5, 5.41) is 4.10. The molecule has 3 aromatic heterocycles. The lowest BCUT2D eigenvalue weighted by Crippen LogP contribution is -2.39. The third kappa shape index (κ3) is 2.11. The summed E-state index contributed by atoms with van der Waals surface area (Å²) in [7, 11) is 0. The van der Waals surface area contributed by atoms with Gasteiger partial charge in [-0.2, -0.15) is 0 Å². The SMILES string of the molecule is O=C(NC1CCC1)c1cc(-c2ccnc3[nH]ccc23)c[nH]1.[HH].[HH]. The first-order chi connectivity index (χ1) is 10.3. The van der Waals surface area contributed by atoms with Gasteiger partial charge in [-0.25, -0.2) is 4.98 Å². The third-order valence-corrected chi connectivity index (χ3v) is 4.14. The molecule has 1 aliphatic rings. The van der Waals surface area contributed by atoms with Crippen LogP contribution in [0.3, 0.4) is 0 Å². The molecule has 0 aliphatic heterocycles. The molecule has 0 spiro atoms. The fraction of sp³-hybridized carbons (Fsp3) is 0.250. The maximum atomic E-state index is 12.1. The summed E-state index contributed by atoms with van der Waals surface area (Å²) in [6, 6.07) is 6.21. The minimum absolute atomic E-state index is 0. The highest BCUT2D eigenvalue weighted by atomic mass is 16.1. The molecule has 5 heteroatoms. The summed E-state index contributed by atoms with van der Waals surface area (Å²) in [6.07, 6.45) is 8.91. The van der Waals surface area contributed by atoms with Crippen molar-refractivity contribution in [1.82, 2.24) is 20.3 Å². The summed E-state index contributed by atoms with van der Waals surface area (Å²) in [4.78, 5) is 22.6. The molecule has 0 bridgehead atoms. The lowest BCUT2D eigenvalue weighted by molar-refractivity contribution is 0.0912. The van der Waals surface area contributed by atoms with Gasteiger partial charge in [0.25, 0.3) is 5.91 Å². The minimum atomic E-state index is -0.0229. The van der Waals surface area contributed by atoms with E-state index in [1.54, 1.807) is 6.20 Å². The van der Waals surface area contributed by atoms with Crippen LogP contribution in [0.1, 0.15) is 32.6 Å². The first-order valence-corrected chi connectivity index (χ1v) is 7.23. The highest BCUT2D eigenvalue weighted by Crippen LogP contribution is 2.27. The molecular weight excluding hydrogens is 264 g/mol. The number of amides is 1. The first kappa shape index (κ1) is 12.2. The molecule has 3 aromatic rings. The first-order valence-electron chi connectivity index (χ1n) is 7.23. The molecular formula is C16H20N4O. The molecule has 1 aliphatic carbocycles. The van der Waals surface area contributed by atoms with Gasteiger partial charge < -0.3 is 15.3 Å². The summed E-state index contributed by atoms with van der Waals surface area (Å²) in [6.45, 7) is 0. The monoisotopic (exact) mass is 284 g/mol. The Kier molecular flexibility index (Phi) is 2.77. The molecule has 0 atom stereocenters. The molecule has 0 radical (unpaired) electrons. The number of carbonyl (C=O) groups is 1. The maximum Gasteiger partial charge on any atom is 0.267 e. The lowest BCUT2D eigenvalue weighted by Gasteiger charge is -2.25. The topological polar surface area (TPSA) is 73.6 Å². The van der Waals surface area contributed by atoms with Gasteiger partial charge in [0.1, 0.15) is 11.3 Å². The number of rotatable bonds is 3. The largest absolute Gasteiger partial charge is 0.357 e. The van der Waals surface area contributed by atoms with E-state index in [0.29, 0.717) is 11.7 Å². The number of H-pyrrole nitrogens is 2. The van der Waals surface area contributed by atoms with Crippen molar-refractivity contribution >= 4 is 16.9 Å². The number of hydrogen-bond donors (Lipinski definition) is 3. The van der Waals surface area contributed by atoms with Crippen LogP contribution in [0.25, 0.3) is 22.2 Å². The van der Waals surface area contributed by atoms with Gasteiger partial charge in [0.15, 0.2) is 0 Å². The van der Waals surface area contributed by atoms with Crippen molar-refractivity contribution < 1.29 is 7.65 Å². The van der Waals surface area contributed by atoms with Gasteiger partial charge in [-0.05, 0) is 43.0 Å². The zero-order valence-corrected chi connectivity index (χ0v) is 11.5. The zero-order valence-electron chi connectivity index (χ0n) is 11.5. The smallest absolute Gasteiger partial charge is 0.267 e. The number of nitrogens with one attached hydrogen (secondary N) is 3. The van der Waals surface area contributed by atoms with Crippen molar-refractivity contribution in [2.24, 2.45) is 0 Å². The molecule has 0 unspecified atom stereocenters. The van der Waals surface area contributed by atoms with E-state index in [1.807, 2.05) is 30.6 Å². The second-order valence-corrected chi connectivity index (χ2v) is 5.50. The van der Waals surface area contributed by atoms with Crippen molar-refractivity contribution in [2.75, 3.05) is 0 Å². The number of nitrogens with zero attached hydrogens (tertiary/aromatic N) is 1. The predicted octanol–water partition coefficient (Wildman–Crippen LogP) is 3.33. The molecule has 3 N–H and O–H groups in total. The van der Waals surface area contributed by atoms with E-state index in [0.717, 1.165) is 35.0 Å². The number of hydrogen-bond acceptors (Lipinski definition) is 2. The molecule has 1 fully saturated rings. The van der Waals surface area contributed by atoms with E-state index < -0.39 is 0 Å². The van der Waals surface area contributed by atoms with Crippen LogP contribution in [-0.2, 0) is 0 Å². The van der Waals surface area contributed by atoms with Gasteiger partial charge in [0.05, 0.1) is 0 Å². The molecule has 0 saturated heterocycles.